The van der Waals surface area contributed by atoms with Gasteiger partial charge < -0.3 is 14.6 Å². The highest BCUT2D eigenvalue weighted by molar-refractivity contribution is 5.97. The van der Waals surface area contributed by atoms with Gasteiger partial charge in [0.15, 0.2) is 5.82 Å². The highest BCUT2D eigenvalue weighted by Crippen LogP contribution is 2.30. The molecule has 0 radical (unpaired) electrons. The summed E-state index contributed by atoms with van der Waals surface area (Å²) in [5.41, 5.74) is -0.296. The number of rotatable bonds is 7. The van der Waals surface area contributed by atoms with Crippen LogP contribution in [0.2, 0.25) is 0 Å². The quantitative estimate of drug-likeness (QED) is 0.752. The van der Waals surface area contributed by atoms with E-state index >= 15 is 0 Å². The summed E-state index contributed by atoms with van der Waals surface area (Å²) in [5.74, 6) is -0.950. The highest BCUT2D eigenvalue weighted by atomic mass is 19.3. The first-order valence-corrected chi connectivity index (χ1v) is 7.77. The van der Waals surface area contributed by atoms with E-state index in [0.717, 1.165) is 6.07 Å². The second-order valence-electron chi connectivity index (χ2n) is 5.85. The molecule has 1 aromatic carbocycles. The zero-order valence-corrected chi connectivity index (χ0v) is 14.3. The molecule has 1 heterocycles. The van der Waals surface area contributed by atoms with Gasteiger partial charge in [-0.05, 0) is 32.9 Å². The maximum absolute atomic E-state index is 13.2. The molecule has 6 nitrogen and oxygen atoms in total. The van der Waals surface area contributed by atoms with Crippen LogP contribution in [-0.2, 0) is 0 Å². The van der Waals surface area contributed by atoms with Gasteiger partial charge >= 0.3 is 12.5 Å². The molecule has 0 unspecified atom stereocenters. The van der Waals surface area contributed by atoms with E-state index in [1.54, 1.807) is 11.5 Å². The number of amides is 1. The number of carbonyl (C=O) groups excluding carboxylic acids is 1. The highest BCUT2D eigenvalue weighted by Gasteiger charge is 2.44. The Hall–Kier alpha value is -2.65. The summed E-state index contributed by atoms with van der Waals surface area (Å²) in [5, 5.41) is 10.3. The van der Waals surface area contributed by atoms with E-state index in [1.165, 1.54) is 24.5 Å². The number of alkyl halides is 4. The van der Waals surface area contributed by atoms with Gasteiger partial charge in [-0.3, -0.25) is 4.79 Å². The molecule has 1 aromatic heterocycles. The van der Waals surface area contributed by atoms with Crippen molar-refractivity contribution in [1.82, 2.24) is 20.1 Å². The zero-order chi connectivity index (χ0) is 19.5. The van der Waals surface area contributed by atoms with Gasteiger partial charge in [0, 0.05) is 6.04 Å². The van der Waals surface area contributed by atoms with Crippen molar-refractivity contribution in [3.05, 3.63) is 42.0 Å². The first-order valence-electron chi connectivity index (χ1n) is 7.77. The van der Waals surface area contributed by atoms with Gasteiger partial charge in [0.1, 0.15) is 12.1 Å². The van der Waals surface area contributed by atoms with Crippen molar-refractivity contribution in [1.29, 1.82) is 0 Å². The Labute approximate surface area is 147 Å². The number of hydrogen-bond acceptors (Lipinski definition) is 4. The normalized spacial score (nSPS) is 13.1. The second kappa shape index (κ2) is 7.71. The molecule has 0 aliphatic carbocycles. The lowest BCUT2D eigenvalue weighted by Crippen LogP contribution is -2.35. The van der Waals surface area contributed by atoms with Gasteiger partial charge in [0.2, 0.25) is 0 Å². The molecule has 1 amide bonds. The summed E-state index contributed by atoms with van der Waals surface area (Å²) in [4.78, 5) is 12.4. The molecule has 0 aliphatic heterocycles. The van der Waals surface area contributed by atoms with Crippen molar-refractivity contribution < 1.29 is 27.1 Å². The molecular formula is C16H18F4N4O2. The summed E-state index contributed by atoms with van der Waals surface area (Å²) in [6.07, 6.45) is -7.23. The average Bonchev–Trinajstić information content (AvgIpc) is 3.04. The van der Waals surface area contributed by atoms with Crippen molar-refractivity contribution in [2.24, 2.45) is 0 Å². The maximum Gasteiger partial charge on any atom is 0.461 e. The first kappa shape index (κ1) is 19.7. The van der Waals surface area contributed by atoms with Gasteiger partial charge in [-0.25, -0.2) is 0 Å². The number of nitrogens with zero attached hydrogens (tertiary/aromatic N) is 3. The summed E-state index contributed by atoms with van der Waals surface area (Å²) in [6, 6.07) is 4.37. The number of nitrogens with one attached hydrogen (secondary N) is 1. The Bertz CT molecular complexity index is 764. The Balaban J connectivity index is 2.21. The summed E-state index contributed by atoms with van der Waals surface area (Å²) >= 11 is 0. The van der Waals surface area contributed by atoms with Crippen molar-refractivity contribution in [3.8, 4) is 5.75 Å². The van der Waals surface area contributed by atoms with E-state index in [4.69, 9.17) is 0 Å². The minimum Gasteiger partial charge on any atom is -0.427 e. The molecule has 2 rings (SSSR count). The largest absolute Gasteiger partial charge is 0.461 e. The summed E-state index contributed by atoms with van der Waals surface area (Å²) in [6.45, 7) is 5.44. The molecule has 0 bridgehead atoms. The fourth-order valence-electron chi connectivity index (χ4n) is 2.23. The number of benzene rings is 1. The molecule has 1 atom stereocenters. The predicted octanol–water partition coefficient (Wildman–Crippen LogP) is 3.59. The Morgan fingerprint density at radius 3 is 2.50 bits per heavy atom. The minimum absolute atomic E-state index is 0.0414. The third kappa shape index (κ3) is 4.30. The summed E-state index contributed by atoms with van der Waals surface area (Å²) in [7, 11) is 0. The lowest BCUT2D eigenvalue weighted by atomic mass is 10.1. The van der Waals surface area contributed by atoms with Crippen molar-refractivity contribution >= 4 is 5.91 Å². The molecule has 0 aliphatic rings. The third-order valence-corrected chi connectivity index (χ3v) is 3.52. The Morgan fingerprint density at radius 2 is 1.88 bits per heavy atom. The molecule has 26 heavy (non-hydrogen) atoms. The SMILES string of the molecule is CC(C)n1cnnc1[C@H](C)NC(=O)c1ccccc1OC(F)(F)C(F)F. The molecule has 2 aromatic rings. The van der Waals surface area contributed by atoms with E-state index in [-0.39, 0.29) is 11.6 Å². The predicted molar refractivity (Wildman–Crippen MR) is 84.3 cm³/mol. The van der Waals surface area contributed by atoms with Crippen LogP contribution in [0.4, 0.5) is 17.6 Å². The van der Waals surface area contributed by atoms with Gasteiger partial charge in [-0.15, -0.1) is 10.2 Å². The van der Waals surface area contributed by atoms with Crippen LogP contribution < -0.4 is 10.1 Å². The molecule has 142 valence electrons. The van der Waals surface area contributed by atoms with Gasteiger partial charge in [0.05, 0.1) is 11.6 Å². The van der Waals surface area contributed by atoms with Crippen LogP contribution in [0.25, 0.3) is 0 Å². The van der Waals surface area contributed by atoms with Gasteiger partial charge in [-0.1, -0.05) is 12.1 Å². The number of ether oxygens (including phenoxy) is 1. The summed E-state index contributed by atoms with van der Waals surface area (Å²) < 4.78 is 56.9. The average molecular weight is 374 g/mol. The van der Waals surface area contributed by atoms with E-state index in [2.05, 4.69) is 20.3 Å². The fraction of sp³-hybridized carbons (Fsp3) is 0.438. The second-order valence-corrected chi connectivity index (χ2v) is 5.85. The molecule has 0 saturated carbocycles. The van der Waals surface area contributed by atoms with E-state index in [1.807, 2.05) is 13.8 Å². The van der Waals surface area contributed by atoms with Crippen LogP contribution in [0, 0.1) is 0 Å². The molecular weight excluding hydrogens is 356 g/mol. The number of carbonyl (C=O) groups is 1. The van der Waals surface area contributed by atoms with Crippen molar-refractivity contribution in [3.63, 3.8) is 0 Å². The van der Waals surface area contributed by atoms with Crippen LogP contribution in [0.3, 0.4) is 0 Å². The Kier molecular flexibility index (Phi) is 5.83. The van der Waals surface area contributed by atoms with Crippen LogP contribution in [0.1, 0.15) is 49.0 Å². The topological polar surface area (TPSA) is 69.0 Å². The monoisotopic (exact) mass is 374 g/mol. The zero-order valence-electron chi connectivity index (χ0n) is 14.3. The number of halogens is 4. The van der Waals surface area contributed by atoms with Gasteiger partial charge in [0.25, 0.3) is 5.91 Å². The number of hydrogen-bond donors (Lipinski definition) is 1. The molecule has 0 saturated heterocycles. The van der Waals surface area contributed by atoms with Crippen LogP contribution in [0.5, 0.6) is 5.75 Å². The molecule has 0 spiro atoms. The lowest BCUT2D eigenvalue weighted by Gasteiger charge is -2.20. The van der Waals surface area contributed by atoms with Crippen molar-refractivity contribution in [2.75, 3.05) is 0 Å². The first-order chi connectivity index (χ1) is 12.1. The molecule has 1 N–H and O–H groups in total. The van der Waals surface area contributed by atoms with E-state index in [0.29, 0.717) is 5.82 Å². The smallest absolute Gasteiger partial charge is 0.427 e. The molecule has 0 fully saturated rings. The lowest BCUT2D eigenvalue weighted by molar-refractivity contribution is -0.253. The number of para-hydroxylation sites is 1. The van der Waals surface area contributed by atoms with Gasteiger partial charge in [-0.2, -0.15) is 17.6 Å². The standard InChI is InChI=1S/C16H18F4N4O2/c1-9(2)24-8-21-23-13(24)10(3)22-14(25)11-6-4-5-7-12(11)26-16(19,20)15(17)18/h4-10,15H,1-3H3,(H,22,25)/t10-/m0/s1. The van der Waals surface area contributed by atoms with Crippen molar-refractivity contribution in [2.45, 2.75) is 45.4 Å². The van der Waals surface area contributed by atoms with E-state index in [9.17, 15) is 22.4 Å². The van der Waals surface area contributed by atoms with Crippen LogP contribution in [0.15, 0.2) is 30.6 Å². The number of aromatic nitrogens is 3. The molecule has 10 heteroatoms. The van der Waals surface area contributed by atoms with E-state index < -0.39 is 30.2 Å². The minimum atomic E-state index is -4.71. The Morgan fingerprint density at radius 1 is 1.23 bits per heavy atom. The maximum atomic E-state index is 13.2. The fourth-order valence-corrected chi connectivity index (χ4v) is 2.23. The third-order valence-electron chi connectivity index (χ3n) is 3.52. The van der Waals surface area contributed by atoms with Crippen LogP contribution in [-0.4, -0.2) is 33.2 Å². The van der Waals surface area contributed by atoms with Crippen LogP contribution >= 0.6 is 0 Å².